The summed E-state index contributed by atoms with van der Waals surface area (Å²) < 4.78 is 30.7. The summed E-state index contributed by atoms with van der Waals surface area (Å²) in [5.41, 5.74) is 0. The zero-order valence-corrected chi connectivity index (χ0v) is 20.8. The standard InChI is InChI=1S/C26H30N2O10/c1-3-23(29)35-16-14-33-12-10-27-25(31)37-20-9-8-19-6-5-7-22(21(19)18-20)38-26(32)28-11-13-34-15-17-36-24(30)4-2/h3-9,18H,1-2,10-17H2,(H,27,31)(H,28,32). The molecule has 2 amide bonds. The predicted molar refractivity (Wildman–Crippen MR) is 136 cm³/mol. The molecular formula is C26H30N2O10. The first-order chi connectivity index (χ1) is 18.4. The second-order valence-electron chi connectivity index (χ2n) is 7.24. The minimum Gasteiger partial charge on any atom is -0.460 e. The molecule has 0 heterocycles. The van der Waals surface area contributed by atoms with Gasteiger partial charge in [0.05, 0.1) is 26.4 Å². The Morgan fingerprint density at radius 1 is 0.711 bits per heavy atom. The molecule has 0 radical (unpaired) electrons. The van der Waals surface area contributed by atoms with Gasteiger partial charge in [0.25, 0.3) is 0 Å². The molecule has 204 valence electrons. The van der Waals surface area contributed by atoms with E-state index < -0.39 is 24.1 Å². The third-order valence-corrected chi connectivity index (χ3v) is 4.54. The van der Waals surface area contributed by atoms with Crippen molar-refractivity contribution in [2.24, 2.45) is 0 Å². The fourth-order valence-corrected chi connectivity index (χ4v) is 2.83. The largest absolute Gasteiger partial charge is 0.460 e. The van der Waals surface area contributed by atoms with Gasteiger partial charge in [0.2, 0.25) is 0 Å². The quantitative estimate of drug-likeness (QED) is 0.188. The molecule has 2 aromatic carbocycles. The molecule has 38 heavy (non-hydrogen) atoms. The Kier molecular flexibility index (Phi) is 13.4. The number of esters is 2. The smallest absolute Gasteiger partial charge is 0.412 e. The highest BCUT2D eigenvalue weighted by Crippen LogP contribution is 2.29. The van der Waals surface area contributed by atoms with Gasteiger partial charge in [0.1, 0.15) is 24.7 Å². The summed E-state index contributed by atoms with van der Waals surface area (Å²) in [6.45, 7) is 7.83. The van der Waals surface area contributed by atoms with Gasteiger partial charge in [-0.25, -0.2) is 19.2 Å². The number of hydrogen-bond donors (Lipinski definition) is 2. The van der Waals surface area contributed by atoms with Crippen molar-refractivity contribution in [3.05, 3.63) is 61.7 Å². The van der Waals surface area contributed by atoms with Crippen LogP contribution >= 0.6 is 0 Å². The molecule has 0 atom stereocenters. The van der Waals surface area contributed by atoms with E-state index in [1.807, 2.05) is 6.07 Å². The summed E-state index contributed by atoms with van der Waals surface area (Å²) in [5.74, 6) is -0.554. The Bertz CT molecular complexity index is 1120. The average molecular weight is 531 g/mol. The minimum absolute atomic E-state index is 0.0799. The lowest BCUT2D eigenvalue weighted by atomic mass is 10.1. The minimum atomic E-state index is -0.693. The van der Waals surface area contributed by atoms with Crippen LogP contribution < -0.4 is 20.1 Å². The molecule has 0 aliphatic carbocycles. The summed E-state index contributed by atoms with van der Waals surface area (Å²) in [5, 5.41) is 6.43. The molecule has 0 aromatic heterocycles. The van der Waals surface area contributed by atoms with E-state index in [-0.39, 0.29) is 64.2 Å². The highest BCUT2D eigenvalue weighted by atomic mass is 16.6. The number of nitrogens with one attached hydrogen (secondary N) is 2. The van der Waals surface area contributed by atoms with Crippen molar-refractivity contribution in [1.82, 2.24) is 10.6 Å². The molecule has 0 aliphatic heterocycles. The van der Waals surface area contributed by atoms with E-state index in [1.165, 1.54) is 0 Å². The van der Waals surface area contributed by atoms with Crippen molar-refractivity contribution in [2.75, 3.05) is 52.7 Å². The Balaban J connectivity index is 1.75. The van der Waals surface area contributed by atoms with Gasteiger partial charge < -0.3 is 39.1 Å². The summed E-state index contributed by atoms with van der Waals surface area (Å²) in [6.07, 6.45) is 0.731. The fraction of sp³-hybridized carbons (Fsp3) is 0.308. The van der Waals surface area contributed by atoms with E-state index >= 15 is 0 Å². The number of carbonyl (C=O) groups excluding carboxylic acids is 4. The first-order valence-corrected chi connectivity index (χ1v) is 11.6. The number of benzene rings is 2. The van der Waals surface area contributed by atoms with Gasteiger partial charge in [-0.1, -0.05) is 31.4 Å². The molecule has 0 bridgehead atoms. The van der Waals surface area contributed by atoms with Gasteiger partial charge in [0, 0.05) is 30.6 Å². The van der Waals surface area contributed by atoms with Crippen LogP contribution in [0.5, 0.6) is 11.5 Å². The maximum absolute atomic E-state index is 12.2. The molecule has 2 N–H and O–H groups in total. The summed E-state index contributed by atoms with van der Waals surface area (Å²) in [6, 6.07) is 10.1. The third-order valence-electron chi connectivity index (χ3n) is 4.54. The fourth-order valence-electron chi connectivity index (χ4n) is 2.83. The van der Waals surface area contributed by atoms with Gasteiger partial charge >= 0.3 is 24.1 Å². The van der Waals surface area contributed by atoms with Crippen molar-refractivity contribution >= 4 is 34.9 Å². The third kappa shape index (κ3) is 11.5. The van der Waals surface area contributed by atoms with Crippen molar-refractivity contribution in [3.63, 3.8) is 0 Å². The number of hydrogen-bond acceptors (Lipinski definition) is 10. The summed E-state index contributed by atoms with van der Waals surface area (Å²) >= 11 is 0. The lowest BCUT2D eigenvalue weighted by Crippen LogP contribution is -2.30. The van der Waals surface area contributed by atoms with Crippen LogP contribution in [-0.2, 0) is 28.5 Å². The van der Waals surface area contributed by atoms with Crippen LogP contribution in [0.1, 0.15) is 0 Å². The van der Waals surface area contributed by atoms with E-state index in [2.05, 4.69) is 23.8 Å². The monoisotopic (exact) mass is 530 g/mol. The lowest BCUT2D eigenvalue weighted by molar-refractivity contribution is -0.140. The zero-order valence-electron chi connectivity index (χ0n) is 20.8. The van der Waals surface area contributed by atoms with Gasteiger partial charge in [-0.3, -0.25) is 0 Å². The Morgan fingerprint density at radius 2 is 1.29 bits per heavy atom. The SMILES string of the molecule is C=CC(=O)OCCOCCNC(=O)Oc1ccc2cccc(OC(=O)NCCOCCOC(=O)C=C)c2c1. The van der Waals surface area contributed by atoms with Gasteiger partial charge in [-0.05, 0) is 23.6 Å². The van der Waals surface area contributed by atoms with Gasteiger partial charge in [-0.2, -0.15) is 0 Å². The van der Waals surface area contributed by atoms with Crippen molar-refractivity contribution in [3.8, 4) is 11.5 Å². The number of rotatable bonds is 16. The second kappa shape index (κ2) is 17.1. The van der Waals surface area contributed by atoms with Crippen LogP contribution in [0.25, 0.3) is 10.8 Å². The molecule has 0 aliphatic rings. The van der Waals surface area contributed by atoms with Crippen LogP contribution in [0.2, 0.25) is 0 Å². The Morgan fingerprint density at radius 3 is 1.87 bits per heavy atom. The molecule has 0 saturated carbocycles. The summed E-state index contributed by atoms with van der Waals surface area (Å²) in [7, 11) is 0. The van der Waals surface area contributed by atoms with Crippen LogP contribution in [-0.4, -0.2) is 76.9 Å². The molecule has 0 spiro atoms. The molecule has 2 rings (SSSR count). The molecule has 0 saturated heterocycles. The van der Waals surface area contributed by atoms with Crippen molar-refractivity contribution in [1.29, 1.82) is 0 Å². The van der Waals surface area contributed by atoms with Gasteiger partial charge in [-0.15, -0.1) is 0 Å². The van der Waals surface area contributed by atoms with E-state index in [4.69, 9.17) is 28.4 Å². The molecule has 12 heteroatoms. The molecular weight excluding hydrogens is 500 g/mol. The molecule has 0 fully saturated rings. The highest BCUT2D eigenvalue weighted by Gasteiger charge is 2.11. The van der Waals surface area contributed by atoms with E-state index in [1.54, 1.807) is 30.3 Å². The first kappa shape index (κ1) is 29.8. The second-order valence-corrected chi connectivity index (χ2v) is 7.24. The van der Waals surface area contributed by atoms with Crippen LogP contribution in [0, 0.1) is 0 Å². The molecule has 2 aromatic rings. The number of carbonyl (C=O) groups is 4. The Hall–Kier alpha value is -4.42. The topological polar surface area (TPSA) is 148 Å². The maximum atomic E-state index is 12.2. The van der Waals surface area contributed by atoms with E-state index in [0.717, 1.165) is 17.5 Å². The highest BCUT2D eigenvalue weighted by molar-refractivity contribution is 5.91. The lowest BCUT2D eigenvalue weighted by Gasteiger charge is -2.11. The summed E-state index contributed by atoms with van der Waals surface area (Å²) in [4.78, 5) is 46.1. The average Bonchev–Trinajstić information content (AvgIpc) is 2.91. The number of ether oxygens (including phenoxy) is 6. The molecule has 12 nitrogen and oxygen atoms in total. The van der Waals surface area contributed by atoms with E-state index in [0.29, 0.717) is 5.39 Å². The van der Waals surface area contributed by atoms with Crippen molar-refractivity contribution in [2.45, 2.75) is 0 Å². The normalized spacial score (nSPS) is 10.2. The van der Waals surface area contributed by atoms with Gasteiger partial charge in [0.15, 0.2) is 0 Å². The maximum Gasteiger partial charge on any atom is 0.412 e. The Labute approximate surface area is 219 Å². The zero-order chi connectivity index (χ0) is 27.6. The first-order valence-electron chi connectivity index (χ1n) is 11.6. The number of amides is 2. The van der Waals surface area contributed by atoms with Crippen LogP contribution in [0.3, 0.4) is 0 Å². The van der Waals surface area contributed by atoms with Crippen LogP contribution in [0.4, 0.5) is 9.59 Å². The van der Waals surface area contributed by atoms with Crippen molar-refractivity contribution < 1.29 is 47.6 Å². The van der Waals surface area contributed by atoms with E-state index in [9.17, 15) is 19.2 Å². The molecule has 0 unspecified atom stereocenters. The predicted octanol–water partition coefficient (Wildman–Crippen LogP) is 2.51. The van der Waals surface area contributed by atoms with Crippen LogP contribution in [0.15, 0.2) is 61.7 Å². The number of fused-ring (bicyclic) bond motifs is 1.